The highest BCUT2D eigenvalue weighted by molar-refractivity contribution is 5.31. The molecule has 1 heterocycles. The van der Waals surface area contributed by atoms with Gasteiger partial charge in [0.25, 0.3) is 0 Å². The maximum atomic E-state index is 6.25. The van der Waals surface area contributed by atoms with E-state index in [4.69, 9.17) is 16.2 Å². The van der Waals surface area contributed by atoms with Gasteiger partial charge in [-0.25, -0.2) is 0 Å². The number of ether oxygens (including phenoxy) is 1. The van der Waals surface area contributed by atoms with Crippen molar-refractivity contribution in [3.05, 3.63) is 23.9 Å². The number of rotatable bonds is 1. The Labute approximate surface area is 90.6 Å². The van der Waals surface area contributed by atoms with Gasteiger partial charge in [0.2, 0.25) is 0 Å². The summed E-state index contributed by atoms with van der Waals surface area (Å²) in [4.78, 5) is 2.30. The number of allylic oxidation sites excluding steroid dienone is 2. The largest absolute Gasteiger partial charge is 0.401 e. The first-order valence-electron chi connectivity index (χ1n) is 5.37. The fourth-order valence-corrected chi connectivity index (χ4v) is 2.35. The predicted molar refractivity (Wildman–Crippen MR) is 60.2 cm³/mol. The molecular weight excluding hydrogens is 190 g/mol. The van der Waals surface area contributed by atoms with Gasteiger partial charge in [0.05, 0.1) is 24.8 Å². The number of morpholine rings is 1. The Hall–Kier alpha value is -0.840. The zero-order valence-corrected chi connectivity index (χ0v) is 9.15. The Morgan fingerprint density at radius 1 is 1.47 bits per heavy atom. The van der Waals surface area contributed by atoms with E-state index in [0.29, 0.717) is 0 Å². The Kier molecular flexibility index (Phi) is 2.82. The first-order chi connectivity index (χ1) is 7.11. The lowest BCUT2D eigenvalue weighted by molar-refractivity contribution is 0.0132. The van der Waals surface area contributed by atoms with Gasteiger partial charge in [0, 0.05) is 18.8 Å². The van der Waals surface area contributed by atoms with Crippen molar-refractivity contribution in [3.63, 3.8) is 0 Å². The molecule has 0 spiro atoms. The van der Waals surface area contributed by atoms with Gasteiger partial charge < -0.3 is 16.2 Å². The van der Waals surface area contributed by atoms with Crippen molar-refractivity contribution in [1.29, 1.82) is 0 Å². The van der Waals surface area contributed by atoms with Crippen molar-refractivity contribution >= 4 is 0 Å². The van der Waals surface area contributed by atoms with E-state index < -0.39 is 0 Å². The molecule has 0 bridgehead atoms. The van der Waals surface area contributed by atoms with Crippen molar-refractivity contribution in [1.82, 2.24) is 4.90 Å². The van der Waals surface area contributed by atoms with E-state index in [0.717, 1.165) is 32.0 Å². The van der Waals surface area contributed by atoms with E-state index in [1.165, 1.54) is 0 Å². The number of nitrogens with two attached hydrogens (primary N) is 2. The molecule has 84 valence electrons. The van der Waals surface area contributed by atoms with Crippen LogP contribution in [0.25, 0.3) is 0 Å². The number of nitrogens with zero attached hydrogens (tertiary/aromatic N) is 1. The van der Waals surface area contributed by atoms with Crippen molar-refractivity contribution in [3.8, 4) is 0 Å². The van der Waals surface area contributed by atoms with Crippen LogP contribution >= 0.6 is 0 Å². The highest BCUT2D eigenvalue weighted by Gasteiger charge is 2.36. The second-order valence-corrected chi connectivity index (χ2v) is 4.44. The van der Waals surface area contributed by atoms with Crippen LogP contribution in [-0.4, -0.2) is 42.8 Å². The lowest BCUT2D eigenvalue weighted by atomic mass is 9.85. The van der Waals surface area contributed by atoms with Crippen molar-refractivity contribution in [2.24, 2.45) is 11.5 Å². The van der Waals surface area contributed by atoms with Gasteiger partial charge in [-0.15, -0.1) is 0 Å². The monoisotopic (exact) mass is 209 g/mol. The summed E-state index contributed by atoms with van der Waals surface area (Å²) in [6.45, 7) is 5.36. The maximum absolute atomic E-state index is 6.25. The molecule has 2 rings (SSSR count). The minimum absolute atomic E-state index is 0.103. The summed E-state index contributed by atoms with van der Waals surface area (Å²) in [7, 11) is 0. The van der Waals surface area contributed by atoms with Crippen LogP contribution in [0.5, 0.6) is 0 Å². The summed E-state index contributed by atoms with van der Waals surface area (Å²) in [6.07, 6.45) is 5.89. The lowest BCUT2D eigenvalue weighted by Gasteiger charge is -2.43. The van der Waals surface area contributed by atoms with E-state index in [2.05, 4.69) is 4.90 Å². The van der Waals surface area contributed by atoms with Gasteiger partial charge in [-0.05, 0) is 13.0 Å². The van der Waals surface area contributed by atoms with E-state index in [1.807, 2.05) is 25.2 Å². The lowest BCUT2D eigenvalue weighted by Crippen LogP contribution is -2.60. The standard InChI is InChI=1S/C11H19N3O/c1-11(13)4-2-3-9(12)10(11)14-5-7-15-8-6-14/h2-4,10H,5-8,12-13H2,1H3. The summed E-state index contributed by atoms with van der Waals surface area (Å²) in [5.74, 6) is 0. The Morgan fingerprint density at radius 2 is 2.13 bits per heavy atom. The number of hydrogen-bond acceptors (Lipinski definition) is 4. The van der Waals surface area contributed by atoms with Crippen LogP contribution in [0.1, 0.15) is 6.92 Å². The Balaban J connectivity index is 2.17. The molecular formula is C11H19N3O. The first kappa shape index (κ1) is 10.7. The van der Waals surface area contributed by atoms with Crippen molar-refractivity contribution in [2.45, 2.75) is 18.5 Å². The molecule has 1 aliphatic carbocycles. The zero-order valence-electron chi connectivity index (χ0n) is 9.15. The van der Waals surface area contributed by atoms with Crippen molar-refractivity contribution in [2.75, 3.05) is 26.3 Å². The fraction of sp³-hybridized carbons (Fsp3) is 0.636. The van der Waals surface area contributed by atoms with Crippen LogP contribution in [0.3, 0.4) is 0 Å². The fourth-order valence-electron chi connectivity index (χ4n) is 2.35. The molecule has 0 aromatic carbocycles. The van der Waals surface area contributed by atoms with E-state index >= 15 is 0 Å². The summed E-state index contributed by atoms with van der Waals surface area (Å²) >= 11 is 0. The zero-order chi connectivity index (χ0) is 10.9. The average molecular weight is 209 g/mol. The molecule has 0 saturated carbocycles. The van der Waals surface area contributed by atoms with Gasteiger partial charge in [0.1, 0.15) is 0 Å². The molecule has 1 fully saturated rings. The van der Waals surface area contributed by atoms with Gasteiger partial charge in [0.15, 0.2) is 0 Å². The topological polar surface area (TPSA) is 64.5 Å². The predicted octanol–water partition coefficient (Wildman–Crippen LogP) is -0.183. The summed E-state index contributed by atoms with van der Waals surface area (Å²) in [6, 6.07) is 0.103. The smallest absolute Gasteiger partial charge is 0.0710 e. The second kappa shape index (κ2) is 3.96. The van der Waals surface area contributed by atoms with E-state index in [9.17, 15) is 0 Å². The average Bonchev–Trinajstić information content (AvgIpc) is 2.17. The summed E-state index contributed by atoms with van der Waals surface area (Å²) in [5, 5.41) is 0. The van der Waals surface area contributed by atoms with Crippen molar-refractivity contribution < 1.29 is 4.74 Å². The number of hydrogen-bond donors (Lipinski definition) is 2. The molecule has 0 aromatic rings. The quantitative estimate of drug-likeness (QED) is 0.628. The molecule has 2 aliphatic rings. The molecule has 4 N–H and O–H groups in total. The summed E-state index contributed by atoms with van der Waals surface area (Å²) in [5.41, 5.74) is 12.8. The molecule has 15 heavy (non-hydrogen) atoms. The second-order valence-electron chi connectivity index (χ2n) is 4.44. The molecule has 0 amide bonds. The van der Waals surface area contributed by atoms with Crippen LogP contribution in [0.2, 0.25) is 0 Å². The van der Waals surface area contributed by atoms with Crippen LogP contribution in [0.4, 0.5) is 0 Å². The summed E-state index contributed by atoms with van der Waals surface area (Å²) < 4.78 is 5.33. The molecule has 1 aliphatic heterocycles. The third-order valence-corrected chi connectivity index (χ3v) is 3.06. The Morgan fingerprint density at radius 3 is 2.73 bits per heavy atom. The molecule has 0 aromatic heterocycles. The van der Waals surface area contributed by atoms with Gasteiger partial charge in [-0.1, -0.05) is 12.2 Å². The minimum atomic E-state index is -0.379. The third kappa shape index (κ3) is 2.07. The molecule has 4 nitrogen and oxygen atoms in total. The normalized spacial score (nSPS) is 37.7. The molecule has 2 unspecified atom stereocenters. The molecule has 2 atom stereocenters. The van der Waals surface area contributed by atoms with E-state index in [1.54, 1.807) is 0 Å². The minimum Gasteiger partial charge on any atom is -0.401 e. The highest BCUT2D eigenvalue weighted by atomic mass is 16.5. The van der Waals surface area contributed by atoms with Crippen LogP contribution < -0.4 is 11.5 Å². The molecule has 0 radical (unpaired) electrons. The Bertz CT molecular complexity index is 290. The maximum Gasteiger partial charge on any atom is 0.0710 e. The highest BCUT2D eigenvalue weighted by Crippen LogP contribution is 2.24. The SMILES string of the molecule is CC1(N)C=CC=C(N)C1N1CCOCC1. The van der Waals surface area contributed by atoms with Gasteiger partial charge >= 0.3 is 0 Å². The van der Waals surface area contributed by atoms with Crippen LogP contribution in [0.15, 0.2) is 23.9 Å². The van der Waals surface area contributed by atoms with Gasteiger partial charge in [-0.3, -0.25) is 4.90 Å². The molecule has 4 heteroatoms. The third-order valence-electron chi connectivity index (χ3n) is 3.06. The van der Waals surface area contributed by atoms with Crippen LogP contribution in [-0.2, 0) is 4.74 Å². The first-order valence-corrected chi connectivity index (χ1v) is 5.37. The molecule has 1 saturated heterocycles. The van der Waals surface area contributed by atoms with Crippen LogP contribution in [0, 0.1) is 0 Å². The van der Waals surface area contributed by atoms with E-state index in [-0.39, 0.29) is 11.6 Å². The van der Waals surface area contributed by atoms with Gasteiger partial charge in [-0.2, -0.15) is 0 Å².